The summed E-state index contributed by atoms with van der Waals surface area (Å²) in [5.41, 5.74) is 0.743. The van der Waals surface area contributed by atoms with Gasteiger partial charge in [0.05, 0.1) is 5.03 Å². The first-order chi connectivity index (χ1) is 6.63. The highest BCUT2D eigenvalue weighted by atomic mass is 35.7. The molecule has 0 aromatic heterocycles. The maximum Gasteiger partial charge on any atom is 0.343 e. The third-order valence-corrected chi connectivity index (χ3v) is 5.16. The maximum atomic E-state index is 10.9. The van der Waals surface area contributed by atoms with Crippen molar-refractivity contribution >= 4 is 43.4 Å². The van der Waals surface area contributed by atoms with Crippen molar-refractivity contribution < 1.29 is 9.90 Å². The van der Waals surface area contributed by atoms with Crippen LogP contribution in [0.3, 0.4) is 0 Å². The molecule has 1 atom stereocenters. The molecule has 0 spiro atoms. The Morgan fingerprint density at radius 2 is 2.00 bits per heavy atom. The van der Waals surface area contributed by atoms with E-state index in [-0.39, 0.29) is 9.94 Å². The number of fused-ring (bicyclic) bond motifs is 1. The molecule has 0 amide bonds. The number of carboxylic acids is 1. The lowest BCUT2D eigenvalue weighted by Crippen LogP contribution is -1.96. The number of hydrogen-bond acceptors (Lipinski definition) is 1. The molecule has 1 aromatic rings. The Morgan fingerprint density at radius 1 is 1.36 bits per heavy atom. The summed E-state index contributed by atoms with van der Waals surface area (Å²) in [7, 11) is 4.74. The number of carbonyl (C=O) groups is 1. The zero-order valence-electron chi connectivity index (χ0n) is 6.87. The number of thiol groups is 1. The molecular formula is C9H6Cl2O2S. The van der Waals surface area contributed by atoms with E-state index in [1.54, 1.807) is 6.07 Å². The number of benzene rings is 1. The number of hydrogen-bond donors (Lipinski definition) is 2. The van der Waals surface area contributed by atoms with E-state index >= 15 is 0 Å². The summed E-state index contributed by atoms with van der Waals surface area (Å²) >= 11 is 5.93. The Bertz CT molecular complexity index is 442. The monoisotopic (exact) mass is 248 g/mol. The number of aliphatic carboxylic acids is 1. The highest BCUT2D eigenvalue weighted by Crippen LogP contribution is 2.59. The lowest BCUT2D eigenvalue weighted by atomic mass is 10.2. The van der Waals surface area contributed by atoms with Crippen molar-refractivity contribution in [2.45, 2.75) is 4.90 Å². The van der Waals surface area contributed by atoms with Gasteiger partial charge in [0.1, 0.15) is 4.91 Å². The van der Waals surface area contributed by atoms with E-state index in [1.807, 2.05) is 18.2 Å². The number of carboxylic acid groups (broad SMARTS) is 1. The van der Waals surface area contributed by atoms with Gasteiger partial charge in [-0.3, -0.25) is 0 Å². The SMILES string of the molecule is O=C(O)C1=C(Cl)c2ccccc2[SH]1Cl. The molecule has 1 heterocycles. The van der Waals surface area contributed by atoms with Crippen LogP contribution >= 0.6 is 32.4 Å². The fraction of sp³-hybridized carbons (Fsp3) is 0. The van der Waals surface area contributed by atoms with Crippen molar-refractivity contribution in [1.29, 1.82) is 0 Å². The van der Waals surface area contributed by atoms with Crippen LogP contribution in [0.2, 0.25) is 0 Å². The predicted molar refractivity (Wildman–Crippen MR) is 60.0 cm³/mol. The lowest BCUT2D eigenvalue weighted by Gasteiger charge is -2.07. The van der Waals surface area contributed by atoms with Crippen molar-refractivity contribution in [3.63, 3.8) is 0 Å². The Labute approximate surface area is 93.0 Å². The molecule has 0 saturated heterocycles. The summed E-state index contributed by atoms with van der Waals surface area (Å²) in [6, 6.07) is 7.23. The van der Waals surface area contributed by atoms with Gasteiger partial charge < -0.3 is 5.11 Å². The van der Waals surface area contributed by atoms with Gasteiger partial charge in [-0.25, -0.2) is 4.79 Å². The number of rotatable bonds is 1. The van der Waals surface area contributed by atoms with Gasteiger partial charge in [0.2, 0.25) is 0 Å². The van der Waals surface area contributed by atoms with E-state index < -0.39 is 16.1 Å². The highest BCUT2D eigenvalue weighted by molar-refractivity contribution is 8.40. The second-order valence-corrected chi connectivity index (χ2v) is 5.65. The Kier molecular flexibility index (Phi) is 2.47. The van der Waals surface area contributed by atoms with Crippen LogP contribution in [0.25, 0.3) is 5.03 Å². The molecule has 2 rings (SSSR count). The van der Waals surface area contributed by atoms with E-state index in [2.05, 4.69) is 0 Å². The lowest BCUT2D eigenvalue weighted by molar-refractivity contribution is -0.131. The van der Waals surface area contributed by atoms with Gasteiger partial charge >= 0.3 is 5.97 Å². The van der Waals surface area contributed by atoms with Gasteiger partial charge in [0.15, 0.2) is 0 Å². The van der Waals surface area contributed by atoms with Gasteiger partial charge in [0.25, 0.3) is 0 Å². The summed E-state index contributed by atoms with van der Waals surface area (Å²) in [6.07, 6.45) is 0. The first kappa shape index (κ1) is 9.90. The smallest absolute Gasteiger partial charge is 0.343 e. The molecule has 1 N–H and O–H groups in total. The average molecular weight is 249 g/mol. The zero-order valence-corrected chi connectivity index (χ0v) is 9.27. The molecule has 2 nitrogen and oxygen atoms in total. The molecular weight excluding hydrogens is 243 g/mol. The zero-order chi connectivity index (χ0) is 10.3. The van der Waals surface area contributed by atoms with Crippen molar-refractivity contribution in [2.75, 3.05) is 0 Å². The van der Waals surface area contributed by atoms with E-state index in [4.69, 9.17) is 27.4 Å². The highest BCUT2D eigenvalue weighted by Gasteiger charge is 2.30. The van der Waals surface area contributed by atoms with Gasteiger partial charge in [0, 0.05) is 10.5 Å². The summed E-state index contributed by atoms with van der Waals surface area (Å²) in [5.74, 6) is -1.03. The maximum absolute atomic E-state index is 10.9. The molecule has 1 aliphatic heterocycles. The first-order valence-corrected chi connectivity index (χ1v) is 6.43. The van der Waals surface area contributed by atoms with E-state index in [0.717, 1.165) is 10.5 Å². The summed E-state index contributed by atoms with van der Waals surface area (Å²) < 4.78 is 0. The second kappa shape index (κ2) is 3.50. The first-order valence-electron chi connectivity index (χ1n) is 3.81. The quantitative estimate of drug-likeness (QED) is 0.750. The molecule has 0 bridgehead atoms. The molecule has 14 heavy (non-hydrogen) atoms. The molecule has 0 saturated carbocycles. The minimum Gasteiger partial charge on any atom is -0.477 e. The molecule has 5 heteroatoms. The van der Waals surface area contributed by atoms with Crippen LogP contribution in [0, 0.1) is 0 Å². The third kappa shape index (κ3) is 1.32. The van der Waals surface area contributed by atoms with Crippen molar-refractivity contribution in [2.24, 2.45) is 0 Å². The van der Waals surface area contributed by atoms with Gasteiger partial charge in [-0.1, -0.05) is 40.5 Å². The standard InChI is InChI=1S/C9H6Cl2O2S/c10-7-5-3-1-2-4-6(5)14(11)8(7)9(12)13/h1-4,14H,(H,12,13). The van der Waals surface area contributed by atoms with Crippen LogP contribution in [-0.4, -0.2) is 11.1 Å². The van der Waals surface area contributed by atoms with Crippen molar-refractivity contribution in [3.8, 4) is 0 Å². The fourth-order valence-corrected chi connectivity index (χ4v) is 4.27. The fourth-order valence-electron chi connectivity index (χ4n) is 1.34. The molecule has 1 unspecified atom stereocenters. The van der Waals surface area contributed by atoms with Crippen molar-refractivity contribution in [3.05, 3.63) is 34.7 Å². The van der Waals surface area contributed by atoms with Crippen LogP contribution < -0.4 is 0 Å². The minimum atomic E-state index is -1.30. The normalized spacial score (nSPS) is 22.3. The summed E-state index contributed by atoms with van der Waals surface area (Å²) in [4.78, 5) is 11.8. The summed E-state index contributed by atoms with van der Waals surface area (Å²) in [6.45, 7) is 0. The molecule has 74 valence electrons. The third-order valence-electron chi connectivity index (χ3n) is 1.96. The van der Waals surface area contributed by atoms with Crippen LogP contribution in [0.1, 0.15) is 5.56 Å². The van der Waals surface area contributed by atoms with E-state index in [1.165, 1.54) is 0 Å². The average Bonchev–Trinajstić information content (AvgIpc) is 2.41. The van der Waals surface area contributed by atoms with E-state index in [9.17, 15) is 4.79 Å². The molecule has 1 aromatic carbocycles. The van der Waals surface area contributed by atoms with Gasteiger partial charge in [-0.2, -0.15) is 0 Å². The molecule has 0 aliphatic carbocycles. The van der Waals surface area contributed by atoms with Crippen LogP contribution in [0.4, 0.5) is 0 Å². The van der Waals surface area contributed by atoms with Crippen molar-refractivity contribution in [1.82, 2.24) is 0 Å². The van der Waals surface area contributed by atoms with Crippen LogP contribution in [0.5, 0.6) is 0 Å². The predicted octanol–water partition coefficient (Wildman–Crippen LogP) is 3.21. The molecule has 0 fully saturated rings. The Morgan fingerprint density at radius 3 is 2.57 bits per heavy atom. The largest absolute Gasteiger partial charge is 0.477 e. The second-order valence-electron chi connectivity index (χ2n) is 2.77. The van der Waals surface area contributed by atoms with Gasteiger partial charge in [-0.15, -0.1) is 10.1 Å². The minimum absolute atomic E-state index is 0.129. The number of halogens is 2. The van der Waals surface area contributed by atoms with Crippen LogP contribution in [-0.2, 0) is 4.79 Å². The Balaban J connectivity index is 2.62. The van der Waals surface area contributed by atoms with Crippen LogP contribution in [0.15, 0.2) is 34.1 Å². The van der Waals surface area contributed by atoms with E-state index in [0.29, 0.717) is 0 Å². The molecule has 0 radical (unpaired) electrons. The molecule has 1 aliphatic rings. The Hall–Kier alpha value is -0.640. The van der Waals surface area contributed by atoms with Gasteiger partial charge in [-0.05, 0) is 6.07 Å². The summed E-state index contributed by atoms with van der Waals surface area (Å²) in [5, 5.41) is 9.19. The topological polar surface area (TPSA) is 37.3 Å².